The van der Waals surface area contributed by atoms with Crippen LogP contribution in [0.3, 0.4) is 0 Å². The van der Waals surface area contributed by atoms with Crippen LogP contribution >= 0.6 is 15.9 Å². The smallest absolute Gasteiger partial charge is 0.339 e. The highest BCUT2D eigenvalue weighted by Gasteiger charge is 2.23. The highest BCUT2D eigenvalue weighted by Crippen LogP contribution is 2.31. The lowest BCUT2D eigenvalue weighted by Gasteiger charge is -2.14. The number of carbonyl (C=O) groups is 1. The Morgan fingerprint density at radius 3 is 2.57 bits per heavy atom. The molecule has 0 aromatic carbocycles. The second-order valence-corrected chi connectivity index (χ2v) is 6.21. The fourth-order valence-corrected chi connectivity index (χ4v) is 3.19. The summed E-state index contributed by atoms with van der Waals surface area (Å²) in [5, 5.41) is 13.9. The first-order valence-electron chi connectivity index (χ1n) is 7.23. The Morgan fingerprint density at radius 2 is 2.00 bits per heavy atom. The SMILES string of the molecule is O=C(O)c1cn(C2CCCCCC2)nc1-c1ccc(Br)o1. The number of hydrogen-bond donors (Lipinski definition) is 1. The summed E-state index contributed by atoms with van der Waals surface area (Å²) in [6, 6.07) is 3.76. The summed E-state index contributed by atoms with van der Waals surface area (Å²) in [4.78, 5) is 11.5. The molecule has 1 aliphatic carbocycles. The van der Waals surface area contributed by atoms with E-state index < -0.39 is 5.97 Å². The Labute approximate surface area is 131 Å². The number of hydrogen-bond acceptors (Lipinski definition) is 3. The molecule has 2 aromatic rings. The second kappa shape index (κ2) is 6.05. The average molecular weight is 353 g/mol. The van der Waals surface area contributed by atoms with E-state index in [0.717, 1.165) is 12.8 Å². The zero-order valence-corrected chi connectivity index (χ0v) is 13.2. The topological polar surface area (TPSA) is 68.3 Å². The van der Waals surface area contributed by atoms with Crippen LogP contribution in [0.25, 0.3) is 11.5 Å². The molecular formula is C15H17BrN2O3. The van der Waals surface area contributed by atoms with Crippen LogP contribution in [0.15, 0.2) is 27.4 Å². The van der Waals surface area contributed by atoms with Crippen molar-refractivity contribution in [3.05, 3.63) is 28.6 Å². The van der Waals surface area contributed by atoms with Crippen LogP contribution in [0.1, 0.15) is 54.9 Å². The van der Waals surface area contributed by atoms with Gasteiger partial charge in [0.15, 0.2) is 10.4 Å². The summed E-state index contributed by atoms with van der Waals surface area (Å²) >= 11 is 3.24. The van der Waals surface area contributed by atoms with Gasteiger partial charge in [-0.2, -0.15) is 5.10 Å². The highest BCUT2D eigenvalue weighted by atomic mass is 79.9. The molecule has 0 bridgehead atoms. The van der Waals surface area contributed by atoms with Crippen molar-refractivity contribution in [2.75, 3.05) is 0 Å². The number of aromatic carboxylic acids is 1. The predicted octanol–water partition coefficient (Wildman–Crippen LogP) is 4.50. The van der Waals surface area contributed by atoms with Crippen molar-refractivity contribution in [3.8, 4) is 11.5 Å². The van der Waals surface area contributed by atoms with Crippen molar-refractivity contribution in [1.29, 1.82) is 0 Å². The maximum atomic E-state index is 11.5. The van der Waals surface area contributed by atoms with Gasteiger partial charge in [-0.15, -0.1) is 0 Å². The van der Waals surface area contributed by atoms with Gasteiger partial charge in [0.05, 0.1) is 6.04 Å². The summed E-state index contributed by atoms with van der Waals surface area (Å²) < 4.78 is 7.85. The Balaban J connectivity index is 1.97. The summed E-state index contributed by atoms with van der Waals surface area (Å²) in [5.41, 5.74) is 0.596. The molecule has 0 aliphatic heterocycles. The molecule has 1 aliphatic rings. The molecule has 0 unspecified atom stereocenters. The second-order valence-electron chi connectivity index (χ2n) is 5.43. The lowest BCUT2D eigenvalue weighted by Crippen LogP contribution is -2.08. The quantitative estimate of drug-likeness (QED) is 0.825. The molecule has 21 heavy (non-hydrogen) atoms. The zero-order valence-electron chi connectivity index (χ0n) is 11.6. The zero-order chi connectivity index (χ0) is 14.8. The van der Waals surface area contributed by atoms with Crippen LogP contribution in [0, 0.1) is 0 Å². The third-order valence-electron chi connectivity index (χ3n) is 3.97. The number of carboxylic acids is 1. The lowest BCUT2D eigenvalue weighted by atomic mass is 10.1. The van der Waals surface area contributed by atoms with Gasteiger partial charge in [-0.25, -0.2) is 4.79 Å². The molecule has 0 atom stereocenters. The van der Waals surface area contributed by atoms with Crippen LogP contribution in [-0.2, 0) is 0 Å². The van der Waals surface area contributed by atoms with E-state index in [1.54, 1.807) is 18.3 Å². The first kappa shape index (κ1) is 14.4. The Morgan fingerprint density at radius 1 is 1.29 bits per heavy atom. The molecule has 112 valence electrons. The summed E-state index contributed by atoms with van der Waals surface area (Å²) in [7, 11) is 0. The molecule has 6 heteroatoms. The van der Waals surface area contributed by atoms with Gasteiger partial charge in [0.25, 0.3) is 0 Å². The maximum absolute atomic E-state index is 11.5. The van der Waals surface area contributed by atoms with E-state index in [1.165, 1.54) is 25.7 Å². The molecule has 0 spiro atoms. The number of aromatic nitrogens is 2. The molecule has 1 N–H and O–H groups in total. The number of carboxylic acid groups (broad SMARTS) is 1. The molecule has 1 saturated carbocycles. The van der Waals surface area contributed by atoms with Crippen molar-refractivity contribution in [3.63, 3.8) is 0 Å². The minimum absolute atomic E-state index is 0.195. The molecule has 1 fully saturated rings. The van der Waals surface area contributed by atoms with Crippen molar-refractivity contribution in [2.24, 2.45) is 0 Å². The van der Waals surface area contributed by atoms with Crippen molar-refractivity contribution in [2.45, 2.75) is 44.6 Å². The summed E-state index contributed by atoms with van der Waals surface area (Å²) in [6.07, 6.45) is 8.61. The van der Waals surface area contributed by atoms with Crippen LogP contribution in [0.5, 0.6) is 0 Å². The van der Waals surface area contributed by atoms with Crippen LogP contribution in [0.4, 0.5) is 0 Å². The van der Waals surface area contributed by atoms with Gasteiger partial charge in [0.1, 0.15) is 11.3 Å². The number of furan rings is 1. The van der Waals surface area contributed by atoms with Crippen LogP contribution < -0.4 is 0 Å². The van der Waals surface area contributed by atoms with E-state index in [2.05, 4.69) is 21.0 Å². The molecule has 5 nitrogen and oxygen atoms in total. The van der Waals surface area contributed by atoms with E-state index in [0.29, 0.717) is 16.1 Å². The predicted molar refractivity (Wildman–Crippen MR) is 81.3 cm³/mol. The largest absolute Gasteiger partial charge is 0.478 e. The van der Waals surface area contributed by atoms with Crippen molar-refractivity contribution < 1.29 is 14.3 Å². The van der Waals surface area contributed by atoms with Gasteiger partial charge < -0.3 is 9.52 Å². The molecule has 0 radical (unpaired) electrons. The van der Waals surface area contributed by atoms with E-state index >= 15 is 0 Å². The molecule has 0 amide bonds. The molecule has 0 saturated heterocycles. The van der Waals surface area contributed by atoms with Gasteiger partial charge in [-0.1, -0.05) is 25.7 Å². The Hall–Kier alpha value is -1.56. The number of nitrogens with zero attached hydrogens (tertiary/aromatic N) is 2. The third kappa shape index (κ3) is 3.05. The Bertz CT molecular complexity index is 639. The van der Waals surface area contributed by atoms with Gasteiger partial charge in [-0.3, -0.25) is 4.68 Å². The molecule has 2 heterocycles. The fraction of sp³-hybridized carbons (Fsp3) is 0.467. The molecular weight excluding hydrogens is 336 g/mol. The average Bonchev–Trinajstić information content (AvgIpc) is 2.98. The van der Waals surface area contributed by atoms with E-state index in [9.17, 15) is 9.90 Å². The van der Waals surface area contributed by atoms with Crippen LogP contribution in [0.2, 0.25) is 0 Å². The lowest BCUT2D eigenvalue weighted by molar-refractivity contribution is 0.0697. The maximum Gasteiger partial charge on any atom is 0.339 e. The van der Waals surface area contributed by atoms with E-state index in [4.69, 9.17) is 4.42 Å². The third-order valence-corrected chi connectivity index (χ3v) is 4.39. The fourth-order valence-electron chi connectivity index (χ4n) is 2.88. The molecule has 3 rings (SSSR count). The van der Waals surface area contributed by atoms with Crippen molar-refractivity contribution in [1.82, 2.24) is 9.78 Å². The summed E-state index contributed by atoms with van der Waals surface area (Å²) in [5.74, 6) is -0.496. The standard InChI is InChI=1S/C15H17BrN2O3/c16-13-8-7-12(21-13)14-11(15(19)20)9-18(17-14)10-5-3-1-2-4-6-10/h7-10H,1-6H2,(H,19,20). The molecule has 2 aromatic heterocycles. The minimum atomic E-state index is -0.975. The van der Waals surface area contributed by atoms with Crippen LogP contribution in [-0.4, -0.2) is 20.9 Å². The number of halogens is 1. The van der Waals surface area contributed by atoms with E-state index in [1.807, 2.05) is 4.68 Å². The van der Waals surface area contributed by atoms with Gasteiger partial charge >= 0.3 is 5.97 Å². The monoisotopic (exact) mass is 352 g/mol. The Kier molecular flexibility index (Phi) is 4.14. The first-order chi connectivity index (χ1) is 10.1. The van der Waals surface area contributed by atoms with Gasteiger partial charge in [0, 0.05) is 6.20 Å². The van der Waals surface area contributed by atoms with Gasteiger partial charge in [-0.05, 0) is 40.9 Å². The normalized spacial score (nSPS) is 16.8. The first-order valence-corrected chi connectivity index (χ1v) is 8.02. The van der Waals surface area contributed by atoms with Crippen molar-refractivity contribution >= 4 is 21.9 Å². The van der Waals surface area contributed by atoms with Gasteiger partial charge in [0.2, 0.25) is 0 Å². The number of rotatable bonds is 3. The van der Waals surface area contributed by atoms with E-state index in [-0.39, 0.29) is 11.6 Å². The highest BCUT2D eigenvalue weighted by molar-refractivity contribution is 9.10. The summed E-state index contributed by atoms with van der Waals surface area (Å²) in [6.45, 7) is 0. The minimum Gasteiger partial charge on any atom is -0.478 e.